The molecule has 0 saturated carbocycles. The Bertz CT molecular complexity index is 769. The minimum Gasteiger partial charge on any atom is -0.344 e. The van der Waals surface area contributed by atoms with Gasteiger partial charge in [-0.05, 0) is 29.3 Å². The Kier molecular flexibility index (Phi) is 7.83. The van der Waals surface area contributed by atoms with Crippen molar-refractivity contribution < 1.29 is 9.59 Å². The van der Waals surface area contributed by atoms with E-state index in [0.717, 1.165) is 44.7 Å². The van der Waals surface area contributed by atoms with Gasteiger partial charge in [-0.15, -0.1) is 11.3 Å². The molecule has 29 heavy (non-hydrogen) atoms. The highest BCUT2D eigenvalue weighted by molar-refractivity contribution is 7.09. The molecule has 3 rings (SSSR count). The van der Waals surface area contributed by atoms with Crippen LogP contribution in [0.5, 0.6) is 0 Å². The standard InChI is InChI=1S/C23H31N3O2S/c1-18(2)22(24-21(27)17-19-7-4-3-5-8-19)23(28)26-14-12-25(13-15-26)11-10-20-9-6-16-29-20/h3-9,16,18,22H,10-15,17H2,1-2H3,(H,24,27). The van der Waals surface area contributed by atoms with Crippen LogP contribution in [0.3, 0.4) is 0 Å². The highest BCUT2D eigenvalue weighted by Crippen LogP contribution is 2.13. The molecule has 0 bridgehead atoms. The summed E-state index contributed by atoms with van der Waals surface area (Å²) < 4.78 is 0. The molecule has 1 atom stereocenters. The predicted molar refractivity (Wildman–Crippen MR) is 118 cm³/mol. The van der Waals surface area contributed by atoms with Crippen LogP contribution in [0.4, 0.5) is 0 Å². The van der Waals surface area contributed by atoms with E-state index < -0.39 is 6.04 Å². The molecule has 1 aromatic carbocycles. The lowest BCUT2D eigenvalue weighted by atomic mass is 10.0. The number of thiophene rings is 1. The van der Waals surface area contributed by atoms with E-state index in [9.17, 15) is 9.59 Å². The van der Waals surface area contributed by atoms with E-state index in [4.69, 9.17) is 0 Å². The van der Waals surface area contributed by atoms with Crippen LogP contribution in [0.15, 0.2) is 47.8 Å². The van der Waals surface area contributed by atoms with Gasteiger partial charge in [-0.2, -0.15) is 0 Å². The van der Waals surface area contributed by atoms with E-state index in [-0.39, 0.29) is 17.7 Å². The molecule has 0 spiro atoms. The van der Waals surface area contributed by atoms with E-state index in [1.807, 2.05) is 49.1 Å². The average molecular weight is 414 g/mol. The second-order valence-corrected chi connectivity index (χ2v) is 8.98. The second kappa shape index (κ2) is 10.6. The smallest absolute Gasteiger partial charge is 0.245 e. The monoisotopic (exact) mass is 413 g/mol. The summed E-state index contributed by atoms with van der Waals surface area (Å²) >= 11 is 1.80. The lowest BCUT2D eigenvalue weighted by Gasteiger charge is -2.37. The molecule has 0 radical (unpaired) electrons. The molecule has 156 valence electrons. The van der Waals surface area contributed by atoms with E-state index >= 15 is 0 Å². The number of hydrogen-bond acceptors (Lipinski definition) is 4. The van der Waals surface area contributed by atoms with Crippen LogP contribution in [0.2, 0.25) is 0 Å². The average Bonchev–Trinajstić information content (AvgIpc) is 3.25. The molecular formula is C23H31N3O2S. The maximum absolute atomic E-state index is 13.1. The molecule has 1 unspecified atom stereocenters. The Morgan fingerprint density at radius 1 is 1.03 bits per heavy atom. The third-order valence-electron chi connectivity index (χ3n) is 5.40. The van der Waals surface area contributed by atoms with Gasteiger partial charge in [0.2, 0.25) is 11.8 Å². The number of nitrogens with one attached hydrogen (secondary N) is 1. The molecule has 1 fully saturated rings. The Hall–Kier alpha value is -2.18. The van der Waals surface area contributed by atoms with Crippen LogP contribution in [0, 0.1) is 5.92 Å². The van der Waals surface area contributed by atoms with Crippen molar-refractivity contribution in [3.8, 4) is 0 Å². The second-order valence-electron chi connectivity index (χ2n) is 7.95. The number of carbonyl (C=O) groups excluding carboxylic acids is 2. The molecule has 2 amide bonds. The third kappa shape index (κ3) is 6.41. The quantitative estimate of drug-likeness (QED) is 0.724. The fraction of sp³-hybridized carbons (Fsp3) is 0.478. The van der Waals surface area contributed by atoms with Gasteiger partial charge in [0.15, 0.2) is 0 Å². The molecule has 1 aliphatic rings. The van der Waals surface area contributed by atoms with Crippen molar-refractivity contribution in [3.05, 3.63) is 58.3 Å². The van der Waals surface area contributed by atoms with E-state index in [1.54, 1.807) is 11.3 Å². The summed E-state index contributed by atoms with van der Waals surface area (Å²) in [5.41, 5.74) is 0.958. The first-order valence-corrected chi connectivity index (χ1v) is 11.3. The van der Waals surface area contributed by atoms with Crippen LogP contribution < -0.4 is 5.32 Å². The minimum absolute atomic E-state index is 0.0410. The zero-order valence-electron chi connectivity index (χ0n) is 17.3. The molecule has 5 nitrogen and oxygen atoms in total. The number of carbonyl (C=O) groups is 2. The number of rotatable bonds is 8. The van der Waals surface area contributed by atoms with Gasteiger partial charge < -0.3 is 10.2 Å². The largest absolute Gasteiger partial charge is 0.344 e. The van der Waals surface area contributed by atoms with Crippen molar-refractivity contribution in [1.29, 1.82) is 0 Å². The SMILES string of the molecule is CC(C)C(NC(=O)Cc1ccccc1)C(=O)N1CCN(CCc2cccs2)CC1. The maximum atomic E-state index is 13.1. The molecule has 1 N–H and O–H groups in total. The lowest BCUT2D eigenvalue weighted by molar-refractivity contribution is -0.139. The lowest BCUT2D eigenvalue weighted by Crippen LogP contribution is -2.56. The minimum atomic E-state index is -0.469. The van der Waals surface area contributed by atoms with Crippen molar-refractivity contribution in [2.24, 2.45) is 5.92 Å². The summed E-state index contributed by atoms with van der Waals surface area (Å²) in [7, 11) is 0. The number of benzene rings is 1. The predicted octanol–water partition coefficient (Wildman–Crippen LogP) is 2.82. The summed E-state index contributed by atoms with van der Waals surface area (Å²) in [6, 6.07) is 13.4. The van der Waals surface area contributed by atoms with Gasteiger partial charge in [0, 0.05) is 37.6 Å². The van der Waals surface area contributed by atoms with Crippen LogP contribution >= 0.6 is 11.3 Å². The summed E-state index contributed by atoms with van der Waals surface area (Å²) in [6.45, 7) is 8.23. The van der Waals surface area contributed by atoms with Crippen molar-refractivity contribution in [2.75, 3.05) is 32.7 Å². The van der Waals surface area contributed by atoms with Crippen molar-refractivity contribution >= 4 is 23.2 Å². The molecule has 6 heteroatoms. The van der Waals surface area contributed by atoms with Crippen LogP contribution in [0.1, 0.15) is 24.3 Å². The van der Waals surface area contributed by atoms with Gasteiger partial charge in [-0.1, -0.05) is 50.2 Å². The number of hydrogen-bond donors (Lipinski definition) is 1. The van der Waals surface area contributed by atoms with Crippen molar-refractivity contribution in [1.82, 2.24) is 15.1 Å². The summed E-state index contributed by atoms with van der Waals surface area (Å²) in [4.78, 5) is 31.3. The maximum Gasteiger partial charge on any atom is 0.245 e. The van der Waals surface area contributed by atoms with Gasteiger partial charge in [0.25, 0.3) is 0 Å². The highest BCUT2D eigenvalue weighted by Gasteiger charge is 2.30. The summed E-state index contributed by atoms with van der Waals surface area (Å²) in [5, 5.41) is 5.09. The molecule has 1 aromatic heterocycles. The number of nitrogens with zero attached hydrogens (tertiary/aromatic N) is 2. The molecule has 0 aliphatic carbocycles. The Morgan fingerprint density at radius 2 is 1.76 bits per heavy atom. The Labute approximate surface area is 177 Å². The first-order chi connectivity index (χ1) is 14.0. The number of piperazine rings is 1. The molecule has 1 aliphatic heterocycles. The molecule has 2 heterocycles. The van der Waals surface area contributed by atoms with Gasteiger partial charge in [0.05, 0.1) is 6.42 Å². The fourth-order valence-corrected chi connectivity index (χ4v) is 4.33. The van der Waals surface area contributed by atoms with Crippen LogP contribution in [-0.4, -0.2) is 60.4 Å². The first-order valence-electron chi connectivity index (χ1n) is 10.4. The zero-order valence-corrected chi connectivity index (χ0v) is 18.2. The van der Waals surface area contributed by atoms with Crippen molar-refractivity contribution in [2.45, 2.75) is 32.7 Å². The van der Waals surface area contributed by atoms with Gasteiger partial charge >= 0.3 is 0 Å². The van der Waals surface area contributed by atoms with Gasteiger partial charge in [-0.25, -0.2) is 0 Å². The van der Waals surface area contributed by atoms with Gasteiger partial charge in [-0.3, -0.25) is 14.5 Å². The van der Waals surface area contributed by atoms with Gasteiger partial charge in [0.1, 0.15) is 6.04 Å². The summed E-state index contributed by atoms with van der Waals surface area (Å²) in [6.07, 6.45) is 1.36. The normalized spacial score (nSPS) is 16.0. The molecular weight excluding hydrogens is 382 g/mol. The summed E-state index contributed by atoms with van der Waals surface area (Å²) in [5.74, 6) is -0.00349. The van der Waals surface area contributed by atoms with E-state index in [2.05, 4.69) is 27.7 Å². The van der Waals surface area contributed by atoms with E-state index in [0.29, 0.717) is 6.42 Å². The zero-order chi connectivity index (χ0) is 20.6. The van der Waals surface area contributed by atoms with Crippen LogP contribution in [-0.2, 0) is 22.4 Å². The fourth-order valence-electron chi connectivity index (χ4n) is 3.63. The van der Waals surface area contributed by atoms with Crippen LogP contribution in [0.25, 0.3) is 0 Å². The molecule has 1 saturated heterocycles. The van der Waals surface area contributed by atoms with Crippen molar-refractivity contribution in [3.63, 3.8) is 0 Å². The highest BCUT2D eigenvalue weighted by atomic mass is 32.1. The third-order valence-corrected chi connectivity index (χ3v) is 6.33. The molecule has 2 aromatic rings. The van der Waals surface area contributed by atoms with E-state index in [1.165, 1.54) is 4.88 Å². The number of amides is 2. The Balaban J connectivity index is 1.48. The topological polar surface area (TPSA) is 52.7 Å². The Morgan fingerprint density at radius 3 is 2.38 bits per heavy atom. The first kappa shape index (κ1) is 21.5.